The standard InChI is InChI=1S/C12H22O2/c1-4-12(2,14-3)11(13)10-8-6-5-7-9-10/h10H,4-9H2,1-3H3. The third-order valence-corrected chi connectivity index (χ3v) is 3.62. The van der Waals surface area contributed by atoms with Gasteiger partial charge in [0.05, 0.1) is 0 Å². The Morgan fingerprint density at radius 3 is 2.36 bits per heavy atom. The lowest BCUT2D eigenvalue weighted by Crippen LogP contribution is -2.41. The van der Waals surface area contributed by atoms with E-state index in [2.05, 4.69) is 0 Å². The molecule has 82 valence electrons. The smallest absolute Gasteiger partial charge is 0.167 e. The molecule has 1 fully saturated rings. The fourth-order valence-electron chi connectivity index (χ4n) is 2.22. The number of hydrogen-bond acceptors (Lipinski definition) is 2. The summed E-state index contributed by atoms with van der Waals surface area (Å²) in [7, 11) is 1.64. The maximum atomic E-state index is 12.2. The SMILES string of the molecule is CCC(C)(OC)C(=O)C1CCCCC1. The normalized spacial score (nSPS) is 23.1. The third-order valence-electron chi connectivity index (χ3n) is 3.62. The number of rotatable bonds is 4. The highest BCUT2D eigenvalue weighted by Crippen LogP contribution is 2.30. The van der Waals surface area contributed by atoms with Crippen LogP contribution < -0.4 is 0 Å². The minimum Gasteiger partial charge on any atom is -0.371 e. The molecule has 2 nitrogen and oxygen atoms in total. The monoisotopic (exact) mass is 198 g/mol. The van der Waals surface area contributed by atoms with Gasteiger partial charge in [0.15, 0.2) is 5.78 Å². The Balaban J connectivity index is 2.61. The molecule has 0 aromatic rings. The van der Waals surface area contributed by atoms with Crippen molar-refractivity contribution < 1.29 is 9.53 Å². The summed E-state index contributed by atoms with van der Waals surface area (Å²) in [5.41, 5.74) is -0.540. The van der Waals surface area contributed by atoms with Gasteiger partial charge >= 0.3 is 0 Å². The van der Waals surface area contributed by atoms with Crippen molar-refractivity contribution in [2.24, 2.45) is 5.92 Å². The molecule has 1 rings (SSSR count). The summed E-state index contributed by atoms with van der Waals surface area (Å²) < 4.78 is 5.35. The molecule has 0 N–H and O–H groups in total. The van der Waals surface area contributed by atoms with Crippen LogP contribution in [0, 0.1) is 5.92 Å². The average Bonchev–Trinajstić information content (AvgIpc) is 2.28. The van der Waals surface area contributed by atoms with Crippen molar-refractivity contribution in [3.63, 3.8) is 0 Å². The topological polar surface area (TPSA) is 26.3 Å². The molecule has 1 aliphatic rings. The summed E-state index contributed by atoms with van der Waals surface area (Å²) in [6.45, 7) is 3.94. The largest absolute Gasteiger partial charge is 0.371 e. The van der Waals surface area contributed by atoms with Gasteiger partial charge in [-0.15, -0.1) is 0 Å². The lowest BCUT2D eigenvalue weighted by molar-refractivity contribution is -0.144. The zero-order valence-electron chi connectivity index (χ0n) is 9.64. The molecule has 1 atom stereocenters. The number of ketones is 1. The summed E-state index contributed by atoms with van der Waals surface area (Å²) in [6.07, 6.45) is 6.62. The second-order valence-electron chi connectivity index (χ2n) is 4.49. The number of carbonyl (C=O) groups is 1. The summed E-state index contributed by atoms with van der Waals surface area (Å²) in [4.78, 5) is 12.2. The fraction of sp³-hybridized carbons (Fsp3) is 0.917. The molecular weight excluding hydrogens is 176 g/mol. The molecule has 0 heterocycles. The van der Waals surface area contributed by atoms with Gasteiger partial charge in [0.25, 0.3) is 0 Å². The molecule has 0 aromatic heterocycles. The first-order chi connectivity index (χ1) is 6.64. The fourth-order valence-corrected chi connectivity index (χ4v) is 2.22. The van der Waals surface area contributed by atoms with E-state index in [1.54, 1.807) is 7.11 Å². The van der Waals surface area contributed by atoms with Gasteiger partial charge in [0.1, 0.15) is 5.60 Å². The van der Waals surface area contributed by atoms with Crippen LogP contribution in [0.4, 0.5) is 0 Å². The minimum absolute atomic E-state index is 0.258. The maximum Gasteiger partial charge on any atom is 0.167 e. The van der Waals surface area contributed by atoms with Crippen molar-refractivity contribution in [3.05, 3.63) is 0 Å². The predicted molar refractivity (Wildman–Crippen MR) is 57.3 cm³/mol. The molecule has 1 saturated carbocycles. The van der Waals surface area contributed by atoms with E-state index in [0.717, 1.165) is 19.3 Å². The van der Waals surface area contributed by atoms with Gasteiger partial charge in [-0.05, 0) is 26.2 Å². The Hall–Kier alpha value is -0.370. The van der Waals surface area contributed by atoms with Crippen LogP contribution in [0.3, 0.4) is 0 Å². The van der Waals surface area contributed by atoms with E-state index in [0.29, 0.717) is 5.78 Å². The van der Waals surface area contributed by atoms with Crippen LogP contribution in [0.15, 0.2) is 0 Å². The van der Waals surface area contributed by atoms with Gasteiger partial charge in [-0.3, -0.25) is 4.79 Å². The molecule has 0 radical (unpaired) electrons. The number of ether oxygens (including phenoxy) is 1. The van der Waals surface area contributed by atoms with Crippen molar-refractivity contribution in [2.45, 2.75) is 58.0 Å². The van der Waals surface area contributed by atoms with E-state index in [1.807, 2.05) is 13.8 Å². The molecule has 0 amide bonds. The van der Waals surface area contributed by atoms with E-state index in [-0.39, 0.29) is 5.92 Å². The Morgan fingerprint density at radius 2 is 1.93 bits per heavy atom. The van der Waals surface area contributed by atoms with E-state index in [1.165, 1.54) is 19.3 Å². The number of hydrogen-bond donors (Lipinski definition) is 0. The van der Waals surface area contributed by atoms with Gasteiger partial charge in [-0.25, -0.2) is 0 Å². The number of carbonyl (C=O) groups excluding carboxylic acids is 1. The van der Waals surface area contributed by atoms with Crippen molar-refractivity contribution in [3.8, 4) is 0 Å². The van der Waals surface area contributed by atoms with Crippen LogP contribution in [0.25, 0.3) is 0 Å². The minimum atomic E-state index is -0.540. The van der Waals surface area contributed by atoms with Crippen LogP contribution in [-0.4, -0.2) is 18.5 Å². The zero-order chi connectivity index (χ0) is 10.6. The molecule has 1 aliphatic carbocycles. The summed E-state index contributed by atoms with van der Waals surface area (Å²) in [5.74, 6) is 0.579. The summed E-state index contributed by atoms with van der Waals surface area (Å²) >= 11 is 0. The lowest BCUT2D eigenvalue weighted by Gasteiger charge is -2.31. The van der Waals surface area contributed by atoms with E-state index in [9.17, 15) is 4.79 Å². The first kappa shape index (κ1) is 11.7. The van der Waals surface area contributed by atoms with Crippen molar-refractivity contribution in [2.75, 3.05) is 7.11 Å². The van der Waals surface area contributed by atoms with Crippen LogP contribution in [-0.2, 0) is 9.53 Å². The van der Waals surface area contributed by atoms with Crippen LogP contribution in [0.5, 0.6) is 0 Å². The molecule has 0 aliphatic heterocycles. The van der Waals surface area contributed by atoms with Crippen LogP contribution >= 0.6 is 0 Å². The molecule has 0 spiro atoms. The highest BCUT2D eigenvalue weighted by molar-refractivity contribution is 5.89. The van der Waals surface area contributed by atoms with E-state index >= 15 is 0 Å². The van der Waals surface area contributed by atoms with Crippen molar-refractivity contribution in [1.82, 2.24) is 0 Å². The molecule has 2 heteroatoms. The second-order valence-corrected chi connectivity index (χ2v) is 4.49. The first-order valence-corrected chi connectivity index (χ1v) is 5.73. The first-order valence-electron chi connectivity index (χ1n) is 5.73. The summed E-state index contributed by atoms with van der Waals surface area (Å²) in [6, 6.07) is 0. The zero-order valence-corrected chi connectivity index (χ0v) is 9.64. The predicted octanol–water partition coefficient (Wildman–Crippen LogP) is 2.95. The third kappa shape index (κ3) is 2.35. The lowest BCUT2D eigenvalue weighted by atomic mass is 9.79. The summed E-state index contributed by atoms with van der Waals surface area (Å²) in [5, 5.41) is 0. The highest BCUT2D eigenvalue weighted by Gasteiger charge is 2.36. The molecular formula is C12H22O2. The molecule has 1 unspecified atom stereocenters. The van der Waals surface area contributed by atoms with Crippen molar-refractivity contribution in [1.29, 1.82) is 0 Å². The quantitative estimate of drug-likeness (QED) is 0.694. The van der Waals surface area contributed by atoms with Crippen LogP contribution in [0.2, 0.25) is 0 Å². The Bertz CT molecular complexity index is 188. The van der Waals surface area contributed by atoms with Gasteiger partial charge < -0.3 is 4.74 Å². The van der Waals surface area contributed by atoms with Gasteiger partial charge in [-0.1, -0.05) is 26.2 Å². The number of Topliss-reactive ketones (excluding diaryl/α,β-unsaturated/α-hetero) is 1. The second kappa shape index (κ2) is 4.92. The maximum absolute atomic E-state index is 12.2. The Labute approximate surface area is 87.0 Å². The van der Waals surface area contributed by atoms with Gasteiger partial charge in [0.2, 0.25) is 0 Å². The molecule has 0 bridgehead atoms. The van der Waals surface area contributed by atoms with Gasteiger partial charge in [-0.2, -0.15) is 0 Å². The van der Waals surface area contributed by atoms with E-state index < -0.39 is 5.60 Å². The molecule has 14 heavy (non-hydrogen) atoms. The molecule has 0 saturated heterocycles. The highest BCUT2D eigenvalue weighted by atomic mass is 16.5. The van der Waals surface area contributed by atoms with E-state index in [4.69, 9.17) is 4.74 Å². The number of methoxy groups -OCH3 is 1. The van der Waals surface area contributed by atoms with Gasteiger partial charge in [0, 0.05) is 13.0 Å². The Kier molecular flexibility index (Phi) is 4.11. The van der Waals surface area contributed by atoms with Crippen LogP contribution in [0.1, 0.15) is 52.4 Å². The Morgan fingerprint density at radius 1 is 1.36 bits per heavy atom. The molecule has 0 aromatic carbocycles. The van der Waals surface area contributed by atoms with Crippen molar-refractivity contribution >= 4 is 5.78 Å². The average molecular weight is 198 g/mol.